The van der Waals surface area contributed by atoms with Crippen molar-refractivity contribution in [1.29, 1.82) is 0 Å². The number of benzene rings is 2. The van der Waals surface area contributed by atoms with E-state index in [0.29, 0.717) is 0 Å². The molecule has 3 nitrogen and oxygen atoms in total. The van der Waals surface area contributed by atoms with Crippen molar-refractivity contribution < 1.29 is 9.84 Å². The zero-order valence-electron chi connectivity index (χ0n) is 10.7. The molecule has 4 heteroatoms. The molecule has 0 spiro atoms. The van der Waals surface area contributed by atoms with Crippen LogP contribution >= 0.6 is 15.9 Å². The number of hydrogen-bond donors (Lipinski definition) is 2. The van der Waals surface area contributed by atoms with Crippen molar-refractivity contribution in [2.24, 2.45) is 0 Å². The number of hydrogen-bond acceptors (Lipinski definition) is 3. The van der Waals surface area contributed by atoms with Crippen LogP contribution in [0, 0.1) is 0 Å². The van der Waals surface area contributed by atoms with Crippen molar-refractivity contribution in [1.82, 2.24) is 0 Å². The lowest BCUT2D eigenvalue weighted by atomic mass is 10.2. The van der Waals surface area contributed by atoms with Crippen molar-refractivity contribution in [2.45, 2.75) is 13.2 Å². The summed E-state index contributed by atoms with van der Waals surface area (Å²) in [4.78, 5) is 0. The molecule has 19 heavy (non-hydrogen) atoms. The van der Waals surface area contributed by atoms with Crippen LogP contribution in [-0.4, -0.2) is 12.2 Å². The van der Waals surface area contributed by atoms with Crippen LogP contribution in [0.15, 0.2) is 46.9 Å². The molecule has 0 unspecified atom stereocenters. The first-order valence-corrected chi connectivity index (χ1v) is 6.78. The second kappa shape index (κ2) is 6.59. The molecule has 0 aliphatic carbocycles. The summed E-state index contributed by atoms with van der Waals surface area (Å²) in [5.41, 5.74) is 3.06. The summed E-state index contributed by atoms with van der Waals surface area (Å²) >= 11 is 3.47. The van der Waals surface area contributed by atoms with Crippen molar-refractivity contribution in [3.8, 4) is 5.75 Å². The Hall–Kier alpha value is -1.52. The Morgan fingerprint density at radius 1 is 1.16 bits per heavy atom. The first-order valence-electron chi connectivity index (χ1n) is 5.99. The summed E-state index contributed by atoms with van der Waals surface area (Å²) in [6.45, 7) is 0.779. The Morgan fingerprint density at radius 2 is 2.00 bits per heavy atom. The van der Waals surface area contributed by atoms with Crippen molar-refractivity contribution >= 4 is 21.6 Å². The van der Waals surface area contributed by atoms with Gasteiger partial charge in [-0.05, 0) is 51.3 Å². The van der Waals surface area contributed by atoms with Crippen LogP contribution in [-0.2, 0) is 13.2 Å². The Kier molecular flexibility index (Phi) is 4.82. The Bertz CT molecular complexity index is 558. The Labute approximate surface area is 121 Å². The van der Waals surface area contributed by atoms with Gasteiger partial charge in [-0.3, -0.25) is 0 Å². The number of methoxy groups -OCH3 is 1. The summed E-state index contributed by atoms with van der Waals surface area (Å²) in [6.07, 6.45) is 0. The van der Waals surface area contributed by atoms with E-state index in [1.54, 1.807) is 7.11 Å². The molecule has 2 rings (SSSR count). The third-order valence-electron chi connectivity index (χ3n) is 2.82. The van der Waals surface area contributed by atoms with E-state index in [9.17, 15) is 0 Å². The van der Waals surface area contributed by atoms with Gasteiger partial charge >= 0.3 is 0 Å². The molecule has 0 aromatic heterocycles. The molecule has 0 aliphatic heterocycles. The molecule has 2 aromatic rings. The molecule has 0 heterocycles. The third kappa shape index (κ3) is 3.72. The quantitative estimate of drug-likeness (QED) is 0.884. The summed E-state index contributed by atoms with van der Waals surface area (Å²) in [5.74, 6) is 0.825. The molecule has 2 aromatic carbocycles. The standard InChI is InChI=1S/C15H16BrNO2/c1-19-15-6-5-11(8-14(15)16)9-17-13-4-2-3-12(7-13)10-18/h2-8,17-18H,9-10H2,1H3. The van der Waals surface area contributed by atoms with E-state index in [1.165, 1.54) is 0 Å². The van der Waals surface area contributed by atoms with Crippen LogP contribution in [0.2, 0.25) is 0 Å². The maximum atomic E-state index is 9.09. The van der Waals surface area contributed by atoms with E-state index < -0.39 is 0 Å². The van der Waals surface area contributed by atoms with Crippen molar-refractivity contribution in [3.05, 3.63) is 58.1 Å². The van der Waals surface area contributed by atoms with E-state index in [4.69, 9.17) is 9.84 Å². The van der Waals surface area contributed by atoms with Gasteiger partial charge in [-0.1, -0.05) is 18.2 Å². The molecule has 0 fully saturated rings. The highest BCUT2D eigenvalue weighted by Crippen LogP contribution is 2.25. The monoisotopic (exact) mass is 321 g/mol. The molecule has 0 amide bonds. The maximum absolute atomic E-state index is 9.09. The van der Waals surface area contributed by atoms with Crippen LogP contribution in [0.25, 0.3) is 0 Å². The topological polar surface area (TPSA) is 41.5 Å². The highest BCUT2D eigenvalue weighted by atomic mass is 79.9. The second-order valence-electron chi connectivity index (χ2n) is 4.18. The minimum absolute atomic E-state index is 0.0591. The largest absolute Gasteiger partial charge is 0.496 e. The molecule has 0 bridgehead atoms. The van der Waals surface area contributed by atoms with Gasteiger partial charge in [0, 0.05) is 12.2 Å². The number of rotatable bonds is 5. The molecule has 0 radical (unpaired) electrons. The highest BCUT2D eigenvalue weighted by molar-refractivity contribution is 9.10. The van der Waals surface area contributed by atoms with Gasteiger partial charge < -0.3 is 15.2 Å². The normalized spacial score (nSPS) is 10.3. The first kappa shape index (κ1) is 13.9. The molecule has 0 saturated carbocycles. The minimum atomic E-state index is 0.0591. The second-order valence-corrected chi connectivity index (χ2v) is 5.04. The smallest absolute Gasteiger partial charge is 0.133 e. The van der Waals surface area contributed by atoms with Crippen molar-refractivity contribution in [2.75, 3.05) is 12.4 Å². The van der Waals surface area contributed by atoms with E-state index in [-0.39, 0.29) is 6.61 Å². The van der Waals surface area contributed by atoms with Crippen LogP contribution in [0.1, 0.15) is 11.1 Å². The van der Waals surface area contributed by atoms with Gasteiger partial charge in [-0.2, -0.15) is 0 Å². The summed E-state index contributed by atoms with van der Waals surface area (Å²) in [6, 6.07) is 13.7. The van der Waals surface area contributed by atoms with Crippen LogP contribution in [0.5, 0.6) is 5.75 Å². The predicted octanol–water partition coefficient (Wildman–Crippen LogP) is 3.56. The summed E-state index contributed by atoms with van der Waals surface area (Å²) in [7, 11) is 1.65. The summed E-state index contributed by atoms with van der Waals surface area (Å²) < 4.78 is 6.14. The molecular weight excluding hydrogens is 306 g/mol. The third-order valence-corrected chi connectivity index (χ3v) is 3.44. The number of halogens is 1. The molecule has 0 aliphatic rings. The van der Waals surface area contributed by atoms with Gasteiger partial charge in [0.1, 0.15) is 5.75 Å². The number of anilines is 1. The van der Waals surface area contributed by atoms with E-state index >= 15 is 0 Å². The maximum Gasteiger partial charge on any atom is 0.133 e. The number of ether oxygens (including phenoxy) is 1. The Morgan fingerprint density at radius 3 is 2.68 bits per heavy atom. The SMILES string of the molecule is COc1ccc(CNc2cccc(CO)c2)cc1Br. The van der Waals surface area contributed by atoms with Gasteiger partial charge in [0.2, 0.25) is 0 Å². The molecule has 2 N–H and O–H groups in total. The predicted molar refractivity (Wildman–Crippen MR) is 80.4 cm³/mol. The van der Waals surface area contributed by atoms with Gasteiger partial charge in [0.25, 0.3) is 0 Å². The first-order chi connectivity index (χ1) is 9.22. The molecule has 0 saturated heterocycles. The zero-order valence-corrected chi connectivity index (χ0v) is 12.3. The van der Waals surface area contributed by atoms with E-state index in [0.717, 1.165) is 33.6 Å². The van der Waals surface area contributed by atoms with E-state index in [2.05, 4.69) is 21.2 Å². The summed E-state index contributed by atoms with van der Waals surface area (Å²) in [5, 5.41) is 12.4. The number of aliphatic hydroxyl groups excluding tert-OH is 1. The van der Waals surface area contributed by atoms with Crippen LogP contribution < -0.4 is 10.1 Å². The lowest BCUT2D eigenvalue weighted by molar-refractivity contribution is 0.282. The zero-order chi connectivity index (χ0) is 13.7. The Balaban J connectivity index is 2.03. The average molecular weight is 322 g/mol. The number of nitrogens with one attached hydrogen (secondary N) is 1. The lowest BCUT2D eigenvalue weighted by Gasteiger charge is -2.09. The fraction of sp³-hybridized carbons (Fsp3) is 0.200. The van der Waals surface area contributed by atoms with Gasteiger partial charge in [-0.25, -0.2) is 0 Å². The fourth-order valence-corrected chi connectivity index (χ4v) is 2.39. The van der Waals surface area contributed by atoms with Gasteiger partial charge in [0.05, 0.1) is 18.2 Å². The van der Waals surface area contributed by atoms with Crippen LogP contribution in [0.4, 0.5) is 5.69 Å². The van der Waals surface area contributed by atoms with E-state index in [1.807, 2.05) is 42.5 Å². The average Bonchev–Trinajstić information content (AvgIpc) is 2.45. The molecule has 0 atom stereocenters. The van der Waals surface area contributed by atoms with Gasteiger partial charge in [0.15, 0.2) is 0 Å². The minimum Gasteiger partial charge on any atom is -0.496 e. The molecular formula is C15H16BrNO2. The highest BCUT2D eigenvalue weighted by Gasteiger charge is 2.01. The molecule has 100 valence electrons. The van der Waals surface area contributed by atoms with Crippen molar-refractivity contribution in [3.63, 3.8) is 0 Å². The lowest BCUT2D eigenvalue weighted by Crippen LogP contribution is -2.00. The van der Waals surface area contributed by atoms with Crippen LogP contribution in [0.3, 0.4) is 0 Å². The number of aliphatic hydroxyl groups is 1. The van der Waals surface area contributed by atoms with Gasteiger partial charge in [-0.15, -0.1) is 0 Å². The fourth-order valence-electron chi connectivity index (χ4n) is 1.80.